The van der Waals surface area contributed by atoms with Gasteiger partial charge in [-0.1, -0.05) is 35.9 Å². The van der Waals surface area contributed by atoms with Gasteiger partial charge in [0.1, 0.15) is 5.75 Å². The molecule has 2 rings (SSSR count). The number of halogens is 1. The summed E-state index contributed by atoms with van der Waals surface area (Å²) >= 11 is 7.47. The molecule has 0 saturated carbocycles. The summed E-state index contributed by atoms with van der Waals surface area (Å²) in [6, 6.07) is 15.1. The molecule has 2 aromatic carbocycles. The predicted octanol–water partition coefficient (Wildman–Crippen LogP) is 4.40. The molecule has 1 amide bonds. The number of rotatable bonds is 7. The van der Waals surface area contributed by atoms with Crippen LogP contribution >= 0.6 is 23.4 Å². The Kier molecular flexibility index (Phi) is 6.62. The van der Waals surface area contributed by atoms with Gasteiger partial charge in [-0.3, -0.25) is 4.79 Å². The second-order valence-electron chi connectivity index (χ2n) is 4.72. The first-order valence-corrected chi connectivity index (χ1v) is 8.50. The number of benzene rings is 2. The third-order valence-corrected chi connectivity index (χ3v) is 4.10. The number of amides is 1. The third-order valence-electron chi connectivity index (χ3n) is 2.95. The van der Waals surface area contributed by atoms with Gasteiger partial charge in [0.05, 0.1) is 12.4 Å². The molecular weight excluding hydrogens is 318 g/mol. The van der Waals surface area contributed by atoms with Gasteiger partial charge in [0, 0.05) is 16.5 Å². The van der Waals surface area contributed by atoms with Gasteiger partial charge in [0.2, 0.25) is 5.91 Å². The Morgan fingerprint density at radius 2 is 2.00 bits per heavy atom. The zero-order valence-corrected chi connectivity index (χ0v) is 13.9. The number of carbonyl (C=O) groups excluding carboxylic acids is 1. The van der Waals surface area contributed by atoms with Crippen molar-refractivity contribution >= 4 is 35.0 Å². The minimum Gasteiger partial charge on any atom is -0.493 e. The van der Waals surface area contributed by atoms with Crippen molar-refractivity contribution < 1.29 is 9.53 Å². The third kappa shape index (κ3) is 5.62. The van der Waals surface area contributed by atoms with E-state index in [-0.39, 0.29) is 5.91 Å². The fourth-order valence-electron chi connectivity index (χ4n) is 1.82. The van der Waals surface area contributed by atoms with Crippen LogP contribution in [0.3, 0.4) is 0 Å². The molecule has 2 aromatic rings. The van der Waals surface area contributed by atoms with E-state index in [0.717, 1.165) is 22.8 Å². The Morgan fingerprint density at radius 1 is 1.23 bits per heavy atom. The molecule has 22 heavy (non-hydrogen) atoms. The molecule has 0 spiro atoms. The van der Waals surface area contributed by atoms with E-state index in [9.17, 15) is 4.79 Å². The van der Waals surface area contributed by atoms with E-state index in [4.69, 9.17) is 16.3 Å². The number of nitrogens with one attached hydrogen (secondary N) is 1. The molecule has 0 bridgehead atoms. The molecule has 0 heterocycles. The smallest absolute Gasteiger partial charge is 0.234 e. The molecule has 0 atom stereocenters. The van der Waals surface area contributed by atoms with Gasteiger partial charge < -0.3 is 10.1 Å². The Morgan fingerprint density at radius 3 is 2.77 bits per heavy atom. The largest absolute Gasteiger partial charge is 0.493 e. The van der Waals surface area contributed by atoms with E-state index in [1.54, 1.807) is 6.07 Å². The molecule has 0 fully saturated rings. The molecule has 0 aliphatic heterocycles. The summed E-state index contributed by atoms with van der Waals surface area (Å²) in [6.07, 6.45) is 0. The molecular formula is C17H18ClNO2S. The Balaban J connectivity index is 1.66. The summed E-state index contributed by atoms with van der Waals surface area (Å²) in [5, 5.41) is 3.49. The monoisotopic (exact) mass is 335 g/mol. The molecule has 0 radical (unpaired) electrons. The minimum absolute atomic E-state index is 0.0323. The highest BCUT2D eigenvalue weighted by Crippen LogP contribution is 2.20. The van der Waals surface area contributed by atoms with Crippen LogP contribution in [0.5, 0.6) is 5.75 Å². The lowest BCUT2D eigenvalue weighted by Gasteiger charge is -2.09. The number of hydrogen-bond donors (Lipinski definition) is 1. The Hall–Kier alpha value is -1.65. The lowest BCUT2D eigenvalue weighted by atomic mass is 10.2. The Labute approximate surface area is 140 Å². The lowest BCUT2D eigenvalue weighted by Crippen LogP contribution is -2.15. The van der Waals surface area contributed by atoms with E-state index >= 15 is 0 Å². The number of thioether (sulfide) groups is 1. The predicted molar refractivity (Wildman–Crippen MR) is 94.1 cm³/mol. The molecule has 116 valence electrons. The van der Waals surface area contributed by atoms with Crippen LogP contribution in [-0.4, -0.2) is 24.0 Å². The van der Waals surface area contributed by atoms with Crippen LogP contribution in [-0.2, 0) is 4.79 Å². The average Bonchev–Trinajstić information content (AvgIpc) is 2.51. The minimum atomic E-state index is -0.0323. The number of aryl methyl sites for hydroxylation is 1. The van der Waals surface area contributed by atoms with Gasteiger partial charge >= 0.3 is 0 Å². The maximum atomic E-state index is 11.9. The molecule has 5 heteroatoms. The normalized spacial score (nSPS) is 10.3. The SMILES string of the molecule is Cc1ccc(Cl)cc1NC(=O)CSCCOc1ccccc1. The van der Waals surface area contributed by atoms with Crippen LogP contribution in [0.25, 0.3) is 0 Å². The Bertz CT molecular complexity index is 619. The van der Waals surface area contributed by atoms with E-state index in [1.165, 1.54) is 11.8 Å². The summed E-state index contributed by atoms with van der Waals surface area (Å²) in [5.74, 6) is 1.97. The number of ether oxygens (including phenoxy) is 1. The first kappa shape index (κ1) is 16.7. The standard InChI is InChI=1S/C17H18ClNO2S/c1-13-7-8-14(18)11-16(13)19-17(20)12-22-10-9-21-15-5-3-2-4-6-15/h2-8,11H,9-10,12H2,1H3,(H,19,20). The molecule has 0 aliphatic rings. The molecule has 0 unspecified atom stereocenters. The fourth-order valence-corrected chi connectivity index (χ4v) is 2.59. The number of hydrogen-bond acceptors (Lipinski definition) is 3. The maximum absolute atomic E-state index is 11.9. The van der Waals surface area contributed by atoms with Crippen molar-refractivity contribution in [3.05, 3.63) is 59.1 Å². The van der Waals surface area contributed by atoms with Crippen LogP contribution < -0.4 is 10.1 Å². The second-order valence-corrected chi connectivity index (χ2v) is 6.26. The summed E-state index contributed by atoms with van der Waals surface area (Å²) in [7, 11) is 0. The highest BCUT2D eigenvalue weighted by Gasteiger charge is 2.05. The first-order chi connectivity index (χ1) is 10.6. The fraction of sp³-hybridized carbons (Fsp3) is 0.235. The molecule has 1 N–H and O–H groups in total. The summed E-state index contributed by atoms with van der Waals surface area (Å²) in [4.78, 5) is 11.9. The first-order valence-electron chi connectivity index (χ1n) is 6.97. The van der Waals surface area contributed by atoms with Gasteiger partial charge in [-0.05, 0) is 36.8 Å². The van der Waals surface area contributed by atoms with E-state index in [2.05, 4.69) is 5.32 Å². The van der Waals surface area contributed by atoms with Crippen LogP contribution in [0, 0.1) is 6.92 Å². The van der Waals surface area contributed by atoms with E-state index in [1.807, 2.05) is 49.4 Å². The summed E-state index contributed by atoms with van der Waals surface area (Å²) < 4.78 is 5.57. The van der Waals surface area contributed by atoms with Crippen molar-refractivity contribution in [2.75, 3.05) is 23.4 Å². The topological polar surface area (TPSA) is 38.3 Å². The number of carbonyl (C=O) groups is 1. The van der Waals surface area contributed by atoms with Gasteiger partial charge in [-0.2, -0.15) is 0 Å². The van der Waals surface area contributed by atoms with Gasteiger partial charge in [0.15, 0.2) is 0 Å². The molecule has 0 saturated heterocycles. The van der Waals surface area contributed by atoms with Crippen molar-refractivity contribution in [2.45, 2.75) is 6.92 Å². The zero-order chi connectivity index (χ0) is 15.8. The van der Waals surface area contributed by atoms with Gasteiger partial charge in [0.25, 0.3) is 0 Å². The van der Waals surface area contributed by atoms with E-state index in [0.29, 0.717) is 17.4 Å². The summed E-state index contributed by atoms with van der Waals surface area (Å²) in [5.41, 5.74) is 1.76. The highest BCUT2D eigenvalue weighted by atomic mass is 35.5. The number of anilines is 1. The van der Waals surface area contributed by atoms with Crippen molar-refractivity contribution in [3.8, 4) is 5.75 Å². The molecule has 0 aromatic heterocycles. The lowest BCUT2D eigenvalue weighted by molar-refractivity contribution is -0.113. The average molecular weight is 336 g/mol. The van der Waals surface area contributed by atoms with Gasteiger partial charge in [-0.15, -0.1) is 11.8 Å². The van der Waals surface area contributed by atoms with Crippen LogP contribution in [0.15, 0.2) is 48.5 Å². The van der Waals surface area contributed by atoms with Gasteiger partial charge in [-0.25, -0.2) is 0 Å². The number of para-hydroxylation sites is 1. The quantitative estimate of drug-likeness (QED) is 0.762. The maximum Gasteiger partial charge on any atom is 0.234 e. The second kappa shape index (κ2) is 8.71. The van der Waals surface area contributed by atoms with Crippen LogP contribution in [0.4, 0.5) is 5.69 Å². The molecule has 0 aliphatic carbocycles. The summed E-state index contributed by atoms with van der Waals surface area (Å²) in [6.45, 7) is 2.52. The highest BCUT2D eigenvalue weighted by molar-refractivity contribution is 7.99. The van der Waals surface area contributed by atoms with Crippen molar-refractivity contribution in [3.63, 3.8) is 0 Å². The van der Waals surface area contributed by atoms with Crippen molar-refractivity contribution in [1.29, 1.82) is 0 Å². The zero-order valence-electron chi connectivity index (χ0n) is 12.3. The van der Waals surface area contributed by atoms with Crippen molar-refractivity contribution in [1.82, 2.24) is 0 Å². The molecule has 3 nitrogen and oxygen atoms in total. The van der Waals surface area contributed by atoms with Crippen LogP contribution in [0.2, 0.25) is 5.02 Å². The van der Waals surface area contributed by atoms with Crippen LogP contribution in [0.1, 0.15) is 5.56 Å². The van der Waals surface area contributed by atoms with Crippen molar-refractivity contribution in [2.24, 2.45) is 0 Å². The van der Waals surface area contributed by atoms with E-state index < -0.39 is 0 Å².